The van der Waals surface area contributed by atoms with E-state index in [0.717, 1.165) is 12.8 Å². The third-order valence-electron chi connectivity index (χ3n) is 3.84. The van der Waals surface area contributed by atoms with Crippen LogP contribution in [0.2, 0.25) is 0 Å². The number of anilines is 1. The topological polar surface area (TPSA) is 90.1 Å². The largest absolute Gasteiger partial charge is 0.481 e. The first-order chi connectivity index (χ1) is 9.63. The summed E-state index contributed by atoms with van der Waals surface area (Å²) in [7, 11) is 0. The van der Waals surface area contributed by atoms with Crippen LogP contribution in [0, 0.1) is 16.7 Å². The average molecular weight is 274 g/mol. The number of carbonyl (C=O) groups is 1. The van der Waals surface area contributed by atoms with Crippen LogP contribution >= 0.6 is 0 Å². The monoisotopic (exact) mass is 274 g/mol. The molecule has 0 amide bonds. The fourth-order valence-electron chi connectivity index (χ4n) is 2.92. The lowest BCUT2D eigenvalue weighted by Gasteiger charge is -2.40. The molecule has 106 valence electrons. The summed E-state index contributed by atoms with van der Waals surface area (Å²) in [6.45, 7) is 3.10. The van der Waals surface area contributed by atoms with Crippen molar-refractivity contribution in [2.24, 2.45) is 5.41 Å². The Bertz CT molecular complexity index is 536. The third-order valence-corrected chi connectivity index (χ3v) is 3.84. The highest BCUT2D eigenvalue weighted by molar-refractivity contribution is 5.76. The third kappa shape index (κ3) is 2.57. The molecule has 2 heterocycles. The van der Waals surface area contributed by atoms with Gasteiger partial charge in [0.15, 0.2) is 11.5 Å². The van der Waals surface area contributed by atoms with Crippen LogP contribution in [0.3, 0.4) is 0 Å². The first-order valence-corrected chi connectivity index (χ1v) is 6.82. The number of aromatic nitrogens is 2. The Morgan fingerprint density at radius 2 is 2.30 bits per heavy atom. The van der Waals surface area contributed by atoms with Gasteiger partial charge < -0.3 is 10.0 Å². The maximum absolute atomic E-state index is 11.7. The molecule has 1 saturated heterocycles. The van der Waals surface area contributed by atoms with E-state index in [1.165, 1.54) is 12.4 Å². The van der Waals surface area contributed by atoms with Gasteiger partial charge in [0.1, 0.15) is 6.07 Å². The quantitative estimate of drug-likeness (QED) is 0.900. The van der Waals surface area contributed by atoms with Crippen LogP contribution in [0.25, 0.3) is 0 Å². The molecule has 1 atom stereocenters. The van der Waals surface area contributed by atoms with Gasteiger partial charge in [-0.25, -0.2) is 9.97 Å². The van der Waals surface area contributed by atoms with Crippen molar-refractivity contribution in [2.75, 3.05) is 18.0 Å². The summed E-state index contributed by atoms with van der Waals surface area (Å²) in [4.78, 5) is 21.8. The molecule has 1 aliphatic rings. The lowest BCUT2D eigenvalue weighted by atomic mass is 9.76. The second-order valence-electron chi connectivity index (χ2n) is 5.20. The van der Waals surface area contributed by atoms with Gasteiger partial charge in [-0.3, -0.25) is 4.79 Å². The lowest BCUT2D eigenvalue weighted by Crippen LogP contribution is -2.48. The van der Waals surface area contributed by atoms with Crippen molar-refractivity contribution < 1.29 is 9.90 Å². The molecule has 6 nitrogen and oxygen atoms in total. The number of hydrogen-bond donors (Lipinski definition) is 1. The van der Waals surface area contributed by atoms with E-state index in [4.69, 9.17) is 5.26 Å². The molecular formula is C14H18N4O2. The summed E-state index contributed by atoms with van der Waals surface area (Å²) in [6.07, 6.45) is 5.94. The Hall–Kier alpha value is -2.16. The van der Waals surface area contributed by atoms with E-state index in [2.05, 4.69) is 9.97 Å². The molecule has 0 aromatic carbocycles. The molecular weight excluding hydrogens is 256 g/mol. The molecule has 6 heteroatoms. The van der Waals surface area contributed by atoms with Crippen molar-refractivity contribution in [2.45, 2.75) is 32.6 Å². The SMILES string of the molecule is CCCC1(C(=O)O)CCCN(c2nccnc2C#N)C1. The standard InChI is InChI=1S/C14H18N4O2/c1-2-4-14(13(19)20)5-3-8-18(10-14)12-11(9-15)16-6-7-17-12/h6-7H,2-5,8,10H2,1H3,(H,19,20). The molecule has 1 aromatic heterocycles. The predicted molar refractivity (Wildman–Crippen MR) is 73.2 cm³/mol. The van der Waals surface area contributed by atoms with E-state index in [1.54, 1.807) is 0 Å². The number of carboxylic acid groups (broad SMARTS) is 1. The lowest BCUT2D eigenvalue weighted by molar-refractivity contribution is -0.150. The molecule has 0 spiro atoms. The maximum Gasteiger partial charge on any atom is 0.311 e. The smallest absolute Gasteiger partial charge is 0.311 e. The van der Waals surface area contributed by atoms with Crippen LogP contribution in [-0.4, -0.2) is 34.1 Å². The van der Waals surface area contributed by atoms with Crippen LogP contribution in [-0.2, 0) is 4.79 Å². The minimum Gasteiger partial charge on any atom is -0.481 e. The molecule has 0 saturated carbocycles. The van der Waals surface area contributed by atoms with E-state index >= 15 is 0 Å². The summed E-state index contributed by atoms with van der Waals surface area (Å²) in [5.74, 6) is -0.261. The van der Waals surface area contributed by atoms with E-state index in [9.17, 15) is 9.90 Å². The first-order valence-electron chi connectivity index (χ1n) is 6.82. The highest BCUT2D eigenvalue weighted by atomic mass is 16.4. The molecule has 1 fully saturated rings. The number of piperidine rings is 1. The molecule has 0 aliphatic carbocycles. The van der Waals surface area contributed by atoms with Crippen LogP contribution in [0.4, 0.5) is 5.82 Å². The predicted octanol–water partition coefficient (Wildman–Crippen LogP) is 1.82. The summed E-state index contributed by atoms with van der Waals surface area (Å²) >= 11 is 0. The van der Waals surface area contributed by atoms with Crippen molar-refractivity contribution in [3.05, 3.63) is 18.1 Å². The maximum atomic E-state index is 11.7. The number of nitrogens with zero attached hydrogens (tertiary/aromatic N) is 4. The second-order valence-corrected chi connectivity index (χ2v) is 5.20. The molecule has 0 bridgehead atoms. The Morgan fingerprint density at radius 3 is 2.95 bits per heavy atom. The van der Waals surface area contributed by atoms with Gasteiger partial charge in [-0.05, 0) is 19.3 Å². The molecule has 1 unspecified atom stereocenters. The number of aliphatic carboxylic acids is 1. The van der Waals surface area contributed by atoms with Gasteiger partial charge in [0, 0.05) is 25.5 Å². The van der Waals surface area contributed by atoms with Crippen LogP contribution < -0.4 is 4.90 Å². The number of hydrogen-bond acceptors (Lipinski definition) is 5. The Balaban J connectivity index is 2.30. The molecule has 1 aliphatic heterocycles. The molecule has 1 N–H and O–H groups in total. The zero-order valence-electron chi connectivity index (χ0n) is 11.5. The van der Waals surface area contributed by atoms with Crippen molar-refractivity contribution in [3.8, 4) is 6.07 Å². The van der Waals surface area contributed by atoms with E-state index in [-0.39, 0.29) is 5.69 Å². The second kappa shape index (κ2) is 5.87. The van der Waals surface area contributed by atoms with Gasteiger partial charge in [0.25, 0.3) is 0 Å². The summed E-state index contributed by atoms with van der Waals surface area (Å²) in [5.41, 5.74) is -0.484. The Morgan fingerprint density at radius 1 is 1.55 bits per heavy atom. The van der Waals surface area contributed by atoms with E-state index < -0.39 is 11.4 Å². The van der Waals surface area contributed by atoms with Gasteiger partial charge in [0.05, 0.1) is 5.41 Å². The Labute approximate surface area is 118 Å². The summed E-state index contributed by atoms with van der Waals surface area (Å²) in [5, 5.41) is 18.7. The van der Waals surface area contributed by atoms with Crippen molar-refractivity contribution in [3.63, 3.8) is 0 Å². The number of rotatable bonds is 4. The highest BCUT2D eigenvalue weighted by Gasteiger charge is 2.42. The van der Waals surface area contributed by atoms with Crippen molar-refractivity contribution >= 4 is 11.8 Å². The Kier molecular flexibility index (Phi) is 4.18. The zero-order valence-corrected chi connectivity index (χ0v) is 11.5. The highest BCUT2D eigenvalue weighted by Crippen LogP contribution is 2.36. The number of nitriles is 1. The molecule has 1 aromatic rings. The van der Waals surface area contributed by atoms with Crippen molar-refractivity contribution in [1.82, 2.24) is 9.97 Å². The van der Waals surface area contributed by atoms with Crippen LogP contribution in [0.15, 0.2) is 12.4 Å². The van der Waals surface area contributed by atoms with E-state index in [0.29, 0.717) is 31.7 Å². The fraction of sp³-hybridized carbons (Fsp3) is 0.571. The number of carboxylic acids is 1. The fourth-order valence-corrected chi connectivity index (χ4v) is 2.92. The molecule has 0 radical (unpaired) electrons. The first kappa shape index (κ1) is 14.3. The summed E-state index contributed by atoms with van der Waals surface area (Å²) < 4.78 is 0. The van der Waals surface area contributed by atoms with Crippen LogP contribution in [0.1, 0.15) is 38.3 Å². The van der Waals surface area contributed by atoms with Gasteiger partial charge in [-0.1, -0.05) is 13.3 Å². The van der Waals surface area contributed by atoms with E-state index in [1.807, 2.05) is 17.9 Å². The minimum absolute atomic E-state index is 0.255. The van der Waals surface area contributed by atoms with Gasteiger partial charge in [0.2, 0.25) is 0 Å². The average Bonchev–Trinajstić information content (AvgIpc) is 2.47. The minimum atomic E-state index is -0.758. The van der Waals surface area contributed by atoms with Gasteiger partial charge >= 0.3 is 5.97 Å². The molecule has 2 rings (SSSR count). The van der Waals surface area contributed by atoms with Gasteiger partial charge in [-0.15, -0.1) is 0 Å². The van der Waals surface area contributed by atoms with Gasteiger partial charge in [-0.2, -0.15) is 5.26 Å². The van der Waals surface area contributed by atoms with Crippen molar-refractivity contribution in [1.29, 1.82) is 5.26 Å². The normalized spacial score (nSPS) is 22.3. The molecule has 20 heavy (non-hydrogen) atoms. The zero-order chi connectivity index (χ0) is 14.6. The van der Waals surface area contributed by atoms with Crippen LogP contribution in [0.5, 0.6) is 0 Å². The summed E-state index contributed by atoms with van der Waals surface area (Å²) in [6, 6.07) is 2.02.